The lowest BCUT2D eigenvalue weighted by Crippen LogP contribution is -2.20. The molecule has 0 aromatic heterocycles. The van der Waals surface area contributed by atoms with Gasteiger partial charge in [-0.1, -0.05) is 36.4 Å². The van der Waals surface area contributed by atoms with Crippen LogP contribution in [0.15, 0.2) is 60.0 Å². The quantitative estimate of drug-likeness (QED) is 0.370. The molecule has 5 nitrogen and oxygen atoms in total. The predicted molar refractivity (Wildman–Crippen MR) is 97.2 cm³/mol. The van der Waals surface area contributed by atoms with E-state index in [-0.39, 0.29) is 18.1 Å². The zero-order chi connectivity index (χ0) is 18.3. The monoisotopic (exact) mass is 382 g/mol. The molecule has 0 bridgehead atoms. The van der Waals surface area contributed by atoms with Gasteiger partial charge in [-0.2, -0.15) is 8.42 Å². The zero-order valence-electron chi connectivity index (χ0n) is 13.7. The SMILES string of the molecule is C=Cc1ccc(OC(C)OCCOS(=O)(=O)c2ccc(Cl)cc2)cc1. The molecule has 0 saturated heterocycles. The molecule has 0 amide bonds. The standard InChI is InChI=1S/C18H19ClO5S/c1-3-15-4-8-17(9-5-15)24-14(2)22-12-13-23-25(20,21)18-10-6-16(19)7-11-18/h3-11,14H,1,12-13H2,2H3. The second-order valence-corrected chi connectivity index (χ2v) is 7.11. The Bertz CT molecular complexity index is 785. The lowest BCUT2D eigenvalue weighted by atomic mass is 10.2. The van der Waals surface area contributed by atoms with Gasteiger partial charge < -0.3 is 9.47 Å². The molecule has 0 heterocycles. The minimum atomic E-state index is -3.83. The maximum absolute atomic E-state index is 12.0. The molecule has 0 N–H and O–H groups in total. The molecule has 0 aliphatic rings. The van der Waals surface area contributed by atoms with Crippen LogP contribution in [0.25, 0.3) is 6.08 Å². The number of ether oxygens (including phenoxy) is 2. The van der Waals surface area contributed by atoms with Crippen LogP contribution < -0.4 is 4.74 Å². The van der Waals surface area contributed by atoms with Crippen molar-refractivity contribution in [2.45, 2.75) is 18.1 Å². The van der Waals surface area contributed by atoms with Gasteiger partial charge in [0.2, 0.25) is 0 Å². The van der Waals surface area contributed by atoms with Crippen LogP contribution in [0.4, 0.5) is 0 Å². The van der Waals surface area contributed by atoms with Crippen molar-refractivity contribution in [1.29, 1.82) is 0 Å². The molecule has 2 aromatic carbocycles. The Labute approximate surface area is 152 Å². The van der Waals surface area contributed by atoms with Gasteiger partial charge in [0, 0.05) is 5.02 Å². The van der Waals surface area contributed by atoms with Crippen LogP contribution in [0.5, 0.6) is 5.75 Å². The molecule has 134 valence electrons. The van der Waals surface area contributed by atoms with E-state index in [1.807, 2.05) is 12.1 Å². The van der Waals surface area contributed by atoms with Gasteiger partial charge in [0.1, 0.15) is 5.75 Å². The minimum Gasteiger partial charge on any atom is -0.465 e. The first-order chi connectivity index (χ1) is 11.9. The van der Waals surface area contributed by atoms with Crippen LogP contribution in [0.3, 0.4) is 0 Å². The summed E-state index contributed by atoms with van der Waals surface area (Å²) in [6, 6.07) is 13.1. The molecular formula is C18H19ClO5S. The molecule has 0 fully saturated rings. The van der Waals surface area contributed by atoms with E-state index in [2.05, 4.69) is 6.58 Å². The third-order valence-electron chi connectivity index (χ3n) is 3.19. The summed E-state index contributed by atoms with van der Waals surface area (Å²) in [4.78, 5) is 0.0449. The highest BCUT2D eigenvalue weighted by atomic mass is 35.5. The molecule has 1 unspecified atom stereocenters. The first-order valence-electron chi connectivity index (χ1n) is 7.56. The summed E-state index contributed by atoms with van der Waals surface area (Å²) in [6.45, 7) is 5.35. The van der Waals surface area contributed by atoms with Gasteiger partial charge in [-0.15, -0.1) is 0 Å². The summed E-state index contributed by atoms with van der Waals surface area (Å²) >= 11 is 5.73. The molecule has 0 spiro atoms. The Kier molecular flexibility index (Phi) is 7.01. The van der Waals surface area contributed by atoms with Crippen LogP contribution in [0, 0.1) is 0 Å². The van der Waals surface area contributed by atoms with E-state index in [0.29, 0.717) is 10.8 Å². The first-order valence-corrected chi connectivity index (χ1v) is 9.35. The molecule has 0 aliphatic heterocycles. The zero-order valence-corrected chi connectivity index (χ0v) is 15.3. The lowest BCUT2D eigenvalue weighted by Gasteiger charge is -2.15. The Morgan fingerprint density at radius 1 is 1.08 bits per heavy atom. The molecule has 1 atom stereocenters. The smallest absolute Gasteiger partial charge is 0.297 e. The summed E-state index contributed by atoms with van der Waals surface area (Å²) in [6.07, 6.45) is 1.19. The van der Waals surface area contributed by atoms with Crippen LogP contribution in [0.1, 0.15) is 12.5 Å². The summed E-state index contributed by atoms with van der Waals surface area (Å²) in [5.74, 6) is 0.646. The molecule has 0 radical (unpaired) electrons. The van der Waals surface area contributed by atoms with Crippen molar-refractivity contribution in [3.63, 3.8) is 0 Å². The van der Waals surface area contributed by atoms with E-state index in [1.54, 1.807) is 25.1 Å². The number of benzene rings is 2. The topological polar surface area (TPSA) is 61.8 Å². The van der Waals surface area contributed by atoms with E-state index in [4.69, 9.17) is 25.3 Å². The normalized spacial score (nSPS) is 12.6. The molecule has 2 rings (SSSR count). The fraction of sp³-hybridized carbons (Fsp3) is 0.222. The van der Waals surface area contributed by atoms with Gasteiger partial charge in [0.05, 0.1) is 18.1 Å². The molecule has 2 aromatic rings. The van der Waals surface area contributed by atoms with Gasteiger partial charge >= 0.3 is 0 Å². The van der Waals surface area contributed by atoms with Gasteiger partial charge in [0.25, 0.3) is 10.1 Å². The number of rotatable bonds is 9. The highest BCUT2D eigenvalue weighted by Crippen LogP contribution is 2.17. The minimum absolute atomic E-state index is 0.0449. The van der Waals surface area contributed by atoms with Crippen LogP contribution in [-0.4, -0.2) is 27.9 Å². The number of hydrogen-bond donors (Lipinski definition) is 0. The van der Waals surface area contributed by atoms with Gasteiger partial charge in [0.15, 0.2) is 6.29 Å². The van der Waals surface area contributed by atoms with E-state index in [1.165, 1.54) is 24.3 Å². The van der Waals surface area contributed by atoms with Crippen molar-refractivity contribution in [3.05, 3.63) is 65.7 Å². The highest BCUT2D eigenvalue weighted by Gasteiger charge is 2.15. The Morgan fingerprint density at radius 2 is 1.72 bits per heavy atom. The third kappa shape index (κ3) is 6.17. The third-order valence-corrected chi connectivity index (χ3v) is 4.77. The Balaban J connectivity index is 1.75. The van der Waals surface area contributed by atoms with E-state index in [9.17, 15) is 8.42 Å². The van der Waals surface area contributed by atoms with Crippen molar-refractivity contribution < 1.29 is 22.1 Å². The van der Waals surface area contributed by atoms with Crippen molar-refractivity contribution in [3.8, 4) is 5.75 Å². The largest absolute Gasteiger partial charge is 0.465 e. The fourth-order valence-corrected chi connectivity index (χ4v) is 2.95. The van der Waals surface area contributed by atoms with Gasteiger partial charge in [-0.05, 0) is 48.9 Å². The number of halogens is 1. The summed E-state index contributed by atoms with van der Waals surface area (Å²) < 4.78 is 39.9. The van der Waals surface area contributed by atoms with E-state index < -0.39 is 16.4 Å². The molecule has 0 aliphatic carbocycles. The summed E-state index contributed by atoms with van der Waals surface area (Å²) in [5, 5.41) is 0.453. The summed E-state index contributed by atoms with van der Waals surface area (Å²) in [5.41, 5.74) is 0.988. The highest BCUT2D eigenvalue weighted by molar-refractivity contribution is 7.86. The van der Waals surface area contributed by atoms with Crippen molar-refractivity contribution >= 4 is 27.8 Å². The molecule has 0 saturated carbocycles. The maximum Gasteiger partial charge on any atom is 0.297 e. The average molecular weight is 383 g/mol. The second-order valence-electron chi connectivity index (χ2n) is 5.06. The Hall–Kier alpha value is -1.86. The van der Waals surface area contributed by atoms with E-state index in [0.717, 1.165) is 5.56 Å². The number of hydrogen-bond acceptors (Lipinski definition) is 5. The van der Waals surface area contributed by atoms with Gasteiger partial charge in [-0.3, -0.25) is 4.18 Å². The predicted octanol–water partition coefficient (Wildman–Crippen LogP) is 4.13. The fourth-order valence-electron chi connectivity index (χ4n) is 1.94. The van der Waals surface area contributed by atoms with Crippen LogP contribution in [0.2, 0.25) is 5.02 Å². The molecular weight excluding hydrogens is 364 g/mol. The van der Waals surface area contributed by atoms with Gasteiger partial charge in [-0.25, -0.2) is 0 Å². The van der Waals surface area contributed by atoms with Crippen LogP contribution in [-0.2, 0) is 19.0 Å². The van der Waals surface area contributed by atoms with Crippen molar-refractivity contribution in [1.82, 2.24) is 0 Å². The molecule has 7 heteroatoms. The first kappa shape index (κ1) is 19.5. The van der Waals surface area contributed by atoms with Crippen LogP contribution >= 0.6 is 11.6 Å². The molecule has 25 heavy (non-hydrogen) atoms. The van der Waals surface area contributed by atoms with E-state index >= 15 is 0 Å². The summed E-state index contributed by atoms with van der Waals surface area (Å²) in [7, 11) is -3.83. The van der Waals surface area contributed by atoms with Crippen molar-refractivity contribution in [2.24, 2.45) is 0 Å². The second kappa shape index (κ2) is 9.01. The lowest BCUT2D eigenvalue weighted by molar-refractivity contribution is -0.0735. The van der Waals surface area contributed by atoms with Crippen molar-refractivity contribution in [2.75, 3.05) is 13.2 Å². The Morgan fingerprint density at radius 3 is 2.32 bits per heavy atom. The maximum atomic E-state index is 12.0. The average Bonchev–Trinajstić information content (AvgIpc) is 2.60.